The number of nitrogen functional groups attached to an aromatic ring is 1. The number of hydrogen-bond acceptors (Lipinski definition) is 4. The van der Waals surface area contributed by atoms with Crippen molar-refractivity contribution >= 4 is 5.69 Å². The fourth-order valence-corrected chi connectivity index (χ4v) is 1.71. The lowest BCUT2D eigenvalue weighted by molar-refractivity contribution is 0.447. The minimum atomic E-state index is 0.333. The van der Waals surface area contributed by atoms with E-state index in [-0.39, 0.29) is 0 Å². The summed E-state index contributed by atoms with van der Waals surface area (Å²) in [5.74, 6) is 1.61. The molecule has 18 heavy (non-hydrogen) atoms. The molecule has 4 nitrogen and oxygen atoms in total. The Bertz CT molecular complexity index is 538. The second-order valence-corrected chi connectivity index (χ2v) is 4.57. The van der Waals surface area contributed by atoms with E-state index in [2.05, 4.69) is 24.0 Å². The summed E-state index contributed by atoms with van der Waals surface area (Å²) in [5.41, 5.74) is 8.79. The molecule has 0 atom stereocenters. The molecule has 4 heteroatoms. The van der Waals surface area contributed by atoms with Crippen LogP contribution in [0.25, 0.3) is 0 Å². The second kappa shape index (κ2) is 5.04. The van der Waals surface area contributed by atoms with Crippen LogP contribution in [0.15, 0.2) is 30.5 Å². The summed E-state index contributed by atoms with van der Waals surface area (Å²) in [6.07, 6.45) is 1.62. The summed E-state index contributed by atoms with van der Waals surface area (Å²) in [7, 11) is 0. The van der Waals surface area contributed by atoms with Gasteiger partial charge in [0.15, 0.2) is 0 Å². The van der Waals surface area contributed by atoms with Crippen molar-refractivity contribution in [2.45, 2.75) is 26.7 Å². The molecule has 2 aromatic rings. The quantitative estimate of drug-likeness (QED) is 0.840. The van der Waals surface area contributed by atoms with Gasteiger partial charge >= 0.3 is 0 Å². The van der Waals surface area contributed by atoms with E-state index in [1.54, 1.807) is 18.3 Å². The lowest BCUT2D eigenvalue weighted by Crippen LogP contribution is -1.99. The number of benzene rings is 1. The number of nitrogens with two attached hydrogens (primary N) is 1. The molecule has 0 aliphatic rings. The highest BCUT2D eigenvalue weighted by Gasteiger charge is 2.11. The van der Waals surface area contributed by atoms with Crippen molar-refractivity contribution in [1.82, 2.24) is 10.2 Å². The maximum Gasteiger partial charge on any atom is 0.238 e. The molecule has 0 radical (unpaired) electrons. The van der Waals surface area contributed by atoms with Crippen LogP contribution in [0.4, 0.5) is 5.69 Å². The fraction of sp³-hybridized carbons (Fsp3) is 0.286. The van der Waals surface area contributed by atoms with E-state index in [0.29, 0.717) is 11.8 Å². The molecular weight excluding hydrogens is 226 g/mol. The first-order valence-electron chi connectivity index (χ1n) is 5.93. The first-order chi connectivity index (χ1) is 8.58. The van der Waals surface area contributed by atoms with Gasteiger partial charge in [-0.05, 0) is 42.2 Å². The van der Waals surface area contributed by atoms with E-state index in [9.17, 15) is 0 Å². The van der Waals surface area contributed by atoms with Crippen molar-refractivity contribution in [1.29, 1.82) is 0 Å². The van der Waals surface area contributed by atoms with Gasteiger partial charge in [0.2, 0.25) is 5.88 Å². The van der Waals surface area contributed by atoms with Crippen LogP contribution in [-0.4, -0.2) is 10.2 Å². The Labute approximate surface area is 107 Å². The van der Waals surface area contributed by atoms with Crippen molar-refractivity contribution in [2.24, 2.45) is 0 Å². The summed E-state index contributed by atoms with van der Waals surface area (Å²) >= 11 is 0. The van der Waals surface area contributed by atoms with Crippen molar-refractivity contribution in [3.8, 4) is 11.6 Å². The molecule has 2 rings (SSSR count). The van der Waals surface area contributed by atoms with Gasteiger partial charge in [-0.3, -0.25) is 0 Å². The molecule has 1 aromatic carbocycles. The van der Waals surface area contributed by atoms with Gasteiger partial charge in [0.05, 0.1) is 0 Å². The monoisotopic (exact) mass is 243 g/mol. The van der Waals surface area contributed by atoms with Gasteiger partial charge in [0.25, 0.3) is 0 Å². The highest BCUT2D eigenvalue weighted by molar-refractivity contribution is 5.55. The summed E-state index contributed by atoms with van der Waals surface area (Å²) in [5, 5.41) is 7.72. The van der Waals surface area contributed by atoms with Gasteiger partial charge in [-0.2, -0.15) is 5.10 Å². The Hall–Kier alpha value is -2.10. The van der Waals surface area contributed by atoms with E-state index in [1.807, 2.05) is 19.1 Å². The zero-order valence-corrected chi connectivity index (χ0v) is 10.8. The third kappa shape index (κ3) is 2.59. The smallest absolute Gasteiger partial charge is 0.238 e. The molecule has 0 fully saturated rings. The number of hydrogen-bond donors (Lipinski definition) is 1. The molecule has 0 amide bonds. The second-order valence-electron chi connectivity index (χ2n) is 4.57. The number of nitrogens with zero attached hydrogens (tertiary/aromatic N) is 2. The van der Waals surface area contributed by atoms with Crippen LogP contribution in [0.2, 0.25) is 0 Å². The van der Waals surface area contributed by atoms with Crippen LogP contribution in [0, 0.1) is 6.92 Å². The summed E-state index contributed by atoms with van der Waals surface area (Å²) < 4.78 is 5.78. The van der Waals surface area contributed by atoms with E-state index in [4.69, 9.17) is 10.5 Å². The van der Waals surface area contributed by atoms with Gasteiger partial charge < -0.3 is 10.5 Å². The predicted molar refractivity (Wildman–Crippen MR) is 71.8 cm³/mol. The number of rotatable bonds is 3. The van der Waals surface area contributed by atoms with E-state index in [0.717, 1.165) is 22.6 Å². The minimum Gasteiger partial charge on any atom is -0.437 e. The summed E-state index contributed by atoms with van der Waals surface area (Å²) in [6, 6.07) is 7.48. The van der Waals surface area contributed by atoms with Crippen molar-refractivity contribution in [3.05, 3.63) is 41.6 Å². The number of ether oxygens (including phenoxy) is 1. The Morgan fingerprint density at radius 1 is 1.28 bits per heavy atom. The zero-order valence-electron chi connectivity index (χ0n) is 10.8. The number of aromatic nitrogens is 2. The minimum absolute atomic E-state index is 0.333. The first-order valence-corrected chi connectivity index (χ1v) is 5.93. The van der Waals surface area contributed by atoms with Crippen LogP contribution in [0.3, 0.4) is 0 Å². The van der Waals surface area contributed by atoms with Crippen LogP contribution in [-0.2, 0) is 0 Å². The third-order valence-electron chi connectivity index (χ3n) is 2.78. The summed E-state index contributed by atoms with van der Waals surface area (Å²) in [6.45, 7) is 6.17. The molecule has 0 bridgehead atoms. The average molecular weight is 243 g/mol. The third-order valence-corrected chi connectivity index (χ3v) is 2.78. The van der Waals surface area contributed by atoms with Gasteiger partial charge in [0, 0.05) is 18.0 Å². The highest BCUT2D eigenvalue weighted by atomic mass is 16.5. The van der Waals surface area contributed by atoms with Crippen molar-refractivity contribution < 1.29 is 4.74 Å². The molecule has 0 aliphatic carbocycles. The van der Waals surface area contributed by atoms with Crippen LogP contribution in [0.1, 0.15) is 30.9 Å². The maximum atomic E-state index is 5.94. The van der Waals surface area contributed by atoms with Crippen molar-refractivity contribution in [2.75, 3.05) is 5.73 Å². The normalized spacial score (nSPS) is 10.7. The topological polar surface area (TPSA) is 61.0 Å². The van der Waals surface area contributed by atoms with Crippen LogP contribution < -0.4 is 10.5 Å². The standard InChI is InChI=1S/C14H17N3O/c1-9(2)11-8-12(15)10(3)7-13(11)18-14-5-4-6-16-17-14/h4-9H,15H2,1-3H3. The molecule has 0 saturated heterocycles. The molecule has 94 valence electrons. The van der Waals surface area contributed by atoms with E-state index < -0.39 is 0 Å². The maximum absolute atomic E-state index is 5.94. The Morgan fingerprint density at radius 2 is 2.06 bits per heavy atom. The molecule has 0 spiro atoms. The molecule has 1 aromatic heterocycles. The van der Waals surface area contributed by atoms with Crippen LogP contribution in [0.5, 0.6) is 11.6 Å². The Balaban J connectivity index is 2.40. The number of anilines is 1. The molecule has 0 unspecified atom stereocenters. The summed E-state index contributed by atoms with van der Waals surface area (Å²) in [4.78, 5) is 0. The molecular formula is C14H17N3O. The lowest BCUT2D eigenvalue weighted by atomic mass is 9.99. The van der Waals surface area contributed by atoms with Gasteiger partial charge in [0.1, 0.15) is 5.75 Å². The van der Waals surface area contributed by atoms with Gasteiger partial charge in [-0.25, -0.2) is 0 Å². The largest absolute Gasteiger partial charge is 0.437 e. The van der Waals surface area contributed by atoms with Gasteiger partial charge in [-0.15, -0.1) is 5.10 Å². The van der Waals surface area contributed by atoms with E-state index in [1.165, 1.54) is 0 Å². The number of aryl methyl sites for hydroxylation is 1. The lowest BCUT2D eigenvalue weighted by Gasteiger charge is -2.15. The zero-order chi connectivity index (χ0) is 13.1. The Morgan fingerprint density at radius 3 is 2.67 bits per heavy atom. The molecule has 2 N–H and O–H groups in total. The average Bonchev–Trinajstić information content (AvgIpc) is 2.34. The molecule has 0 aliphatic heterocycles. The van der Waals surface area contributed by atoms with Gasteiger partial charge in [-0.1, -0.05) is 13.8 Å². The van der Waals surface area contributed by atoms with Crippen LogP contribution >= 0.6 is 0 Å². The van der Waals surface area contributed by atoms with E-state index >= 15 is 0 Å². The molecule has 1 heterocycles. The Kier molecular flexibility index (Phi) is 3.46. The molecule has 0 saturated carbocycles. The first kappa shape index (κ1) is 12.4. The predicted octanol–water partition coefficient (Wildman–Crippen LogP) is 3.28. The fourth-order valence-electron chi connectivity index (χ4n) is 1.71. The van der Waals surface area contributed by atoms with Crippen molar-refractivity contribution in [3.63, 3.8) is 0 Å². The highest BCUT2D eigenvalue weighted by Crippen LogP contribution is 2.33. The SMILES string of the molecule is Cc1cc(Oc2cccnn2)c(C(C)C)cc1N.